The molecule has 0 saturated carbocycles. The number of amidine groups is 1. The minimum atomic E-state index is -0.557. The average Bonchev–Trinajstić information content (AvgIpc) is 2.39. The van der Waals surface area contributed by atoms with E-state index in [9.17, 15) is 4.79 Å². The zero-order chi connectivity index (χ0) is 8.72. The van der Waals surface area contributed by atoms with Crippen molar-refractivity contribution in [2.75, 3.05) is 0 Å². The van der Waals surface area contributed by atoms with Crippen LogP contribution in [0.3, 0.4) is 0 Å². The number of fused-ring (bicyclic) bond motifs is 1. The Balaban J connectivity index is 2.45. The number of aliphatic imine (C=N–C) groups is 2. The number of nitrogens with zero attached hydrogens (tertiary/aromatic N) is 2. The van der Waals surface area contributed by atoms with E-state index in [1.807, 2.05) is 0 Å². The first kappa shape index (κ1) is 7.76. The Kier molecular flexibility index (Phi) is 1.66. The van der Waals surface area contributed by atoms with Crippen LogP contribution in [0.15, 0.2) is 21.2 Å². The molecule has 6 heteroatoms. The first-order chi connectivity index (χ1) is 5.68. The smallest absolute Gasteiger partial charge is 0.289 e. The number of halogens is 2. The van der Waals surface area contributed by atoms with Crippen LogP contribution in [-0.2, 0) is 0 Å². The van der Waals surface area contributed by atoms with Crippen LogP contribution >= 0.6 is 23.2 Å². The molecule has 0 aromatic rings. The van der Waals surface area contributed by atoms with Gasteiger partial charge in [0.05, 0.1) is 5.03 Å². The van der Waals surface area contributed by atoms with Crippen LogP contribution in [-0.4, -0.2) is 23.0 Å². The number of urea groups is 1. The molecular weight excluding hydrogens is 201 g/mol. The predicted molar refractivity (Wildman–Crippen MR) is 47.0 cm³/mol. The van der Waals surface area contributed by atoms with Gasteiger partial charge in [-0.2, -0.15) is 4.99 Å². The summed E-state index contributed by atoms with van der Waals surface area (Å²) in [5.74, 6) is 0.393. The maximum atomic E-state index is 10.8. The Morgan fingerprint density at radius 1 is 1.58 bits per heavy atom. The first-order valence-electron chi connectivity index (χ1n) is 3.16. The predicted octanol–water partition coefficient (Wildman–Crippen LogP) is 1.25. The SMILES string of the molecule is O=C1N=C2C(=NC=C(Cl)C2Cl)N1. The monoisotopic (exact) mass is 203 g/mol. The lowest BCUT2D eigenvalue weighted by Crippen LogP contribution is -2.32. The van der Waals surface area contributed by atoms with Crippen LogP contribution in [0.25, 0.3) is 0 Å². The highest BCUT2D eigenvalue weighted by Gasteiger charge is 2.31. The van der Waals surface area contributed by atoms with Gasteiger partial charge in [-0.05, 0) is 0 Å². The molecule has 1 N–H and O–H groups in total. The number of rotatable bonds is 0. The number of alkyl halides is 1. The second kappa shape index (κ2) is 2.57. The highest BCUT2D eigenvalue weighted by Crippen LogP contribution is 2.22. The van der Waals surface area contributed by atoms with Crippen LogP contribution in [0.2, 0.25) is 0 Å². The number of carbonyl (C=O) groups excluding carboxylic acids is 1. The lowest BCUT2D eigenvalue weighted by molar-refractivity contribution is 0.254. The van der Waals surface area contributed by atoms with Gasteiger partial charge in [0, 0.05) is 6.20 Å². The largest absolute Gasteiger partial charge is 0.347 e. The van der Waals surface area contributed by atoms with Crippen molar-refractivity contribution in [1.29, 1.82) is 0 Å². The Hall–Kier alpha value is -0.870. The van der Waals surface area contributed by atoms with Crippen molar-refractivity contribution in [2.24, 2.45) is 9.98 Å². The number of amides is 2. The number of carbonyl (C=O) groups is 1. The molecule has 0 saturated heterocycles. The first-order valence-corrected chi connectivity index (χ1v) is 3.97. The van der Waals surface area contributed by atoms with Gasteiger partial charge in [-0.15, -0.1) is 11.6 Å². The molecule has 2 heterocycles. The van der Waals surface area contributed by atoms with Gasteiger partial charge >= 0.3 is 6.03 Å². The fraction of sp³-hybridized carbons (Fsp3) is 0.167. The molecule has 62 valence electrons. The van der Waals surface area contributed by atoms with Gasteiger partial charge in [-0.1, -0.05) is 11.6 Å². The van der Waals surface area contributed by atoms with Gasteiger partial charge < -0.3 is 0 Å². The third-order valence-electron chi connectivity index (χ3n) is 1.49. The number of hydrogen-bond acceptors (Lipinski definition) is 2. The van der Waals surface area contributed by atoms with Gasteiger partial charge in [0.1, 0.15) is 11.1 Å². The molecule has 1 unspecified atom stereocenters. The second-order valence-electron chi connectivity index (χ2n) is 2.28. The van der Waals surface area contributed by atoms with E-state index in [1.54, 1.807) is 0 Å². The molecule has 0 bridgehead atoms. The van der Waals surface area contributed by atoms with Gasteiger partial charge in [0.15, 0.2) is 5.84 Å². The van der Waals surface area contributed by atoms with E-state index in [-0.39, 0.29) is 0 Å². The fourth-order valence-electron chi connectivity index (χ4n) is 0.953. The molecule has 0 fully saturated rings. The molecular formula is C6H3Cl2N3O. The second-order valence-corrected chi connectivity index (χ2v) is 3.15. The van der Waals surface area contributed by atoms with Gasteiger partial charge in [-0.25, -0.2) is 9.79 Å². The summed E-state index contributed by atoms with van der Waals surface area (Å²) in [4.78, 5) is 18.2. The van der Waals surface area contributed by atoms with Crippen LogP contribution in [0.4, 0.5) is 4.79 Å². The Morgan fingerprint density at radius 2 is 2.33 bits per heavy atom. The third-order valence-corrected chi connectivity index (χ3v) is 2.36. The van der Waals surface area contributed by atoms with E-state index in [0.717, 1.165) is 0 Å². The number of allylic oxidation sites excluding steroid dienone is 1. The lowest BCUT2D eigenvalue weighted by atomic mass is 10.2. The quantitative estimate of drug-likeness (QED) is 0.593. The Morgan fingerprint density at radius 3 is 3.08 bits per heavy atom. The molecule has 0 aliphatic carbocycles. The van der Waals surface area contributed by atoms with E-state index in [2.05, 4.69) is 15.3 Å². The summed E-state index contributed by atoms with van der Waals surface area (Å²) in [6.07, 6.45) is 1.40. The van der Waals surface area contributed by atoms with Crippen molar-refractivity contribution in [2.45, 2.75) is 5.38 Å². The van der Waals surface area contributed by atoms with Gasteiger partial charge in [0.25, 0.3) is 0 Å². The molecule has 2 aliphatic rings. The lowest BCUT2D eigenvalue weighted by Gasteiger charge is -2.11. The highest BCUT2D eigenvalue weighted by molar-refractivity contribution is 6.61. The summed E-state index contributed by atoms with van der Waals surface area (Å²) < 4.78 is 0. The minimum absolute atomic E-state index is 0.371. The van der Waals surface area contributed by atoms with Crippen LogP contribution in [0.5, 0.6) is 0 Å². The topological polar surface area (TPSA) is 53.8 Å². The molecule has 2 aliphatic heterocycles. The van der Waals surface area contributed by atoms with E-state index >= 15 is 0 Å². The Labute approximate surface area is 78.0 Å². The fourth-order valence-corrected chi connectivity index (χ4v) is 1.31. The third kappa shape index (κ3) is 1.04. The maximum Gasteiger partial charge on any atom is 0.347 e. The Bertz CT molecular complexity index is 345. The zero-order valence-corrected chi connectivity index (χ0v) is 7.23. The van der Waals surface area contributed by atoms with E-state index < -0.39 is 11.4 Å². The molecule has 1 atom stereocenters. The van der Waals surface area contributed by atoms with E-state index in [0.29, 0.717) is 16.6 Å². The number of nitrogens with one attached hydrogen (secondary N) is 1. The molecule has 2 rings (SSSR count). The van der Waals surface area contributed by atoms with Crippen molar-refractivity contribution < 1.29 is 4.79 Å². The van der Waals surface area contributed by atoms with Crippen LogP contribution in [0.1, 0.15) is 0 Å². The standard InChI is InChI=1S/C6H3Cl2N3O/c7-2-1-9-5-4(3(2)8)10-6(12)11-5/h1,3H,(H,9,11,12). The summed E-state index contributed by atoms with van der Waals surface area (Å²) in [5.41, 5.74) is 0.397. The van der Waals surface area contributed by atoms with Crippen molar-refractivity contribution in [3.63, 3.8) is 0 Å². The highest BCUT2D eigenvalue weighted by atomic mass is 35.5. The minimum Gasteiger partial charge on any atom is -0.289 e. The van der Waals surface area contributed by atoms with E-state index in [1.165, 1.54) is 6.20 Å². The molecule has 0 aromatic heterocycles. The van der Waals surface area contributed by atoms with Gasteiger partial charge in [0.2, 0.25) is 0 Å². The van der Waals surface area contributed by atoms with Crippen LogP contribution in [0, 0.1) is 0 Å². The van der Waals surface area contributed by atoms with Crippen molar-refractivity contribution in [1.82, 2.24) is 5.32 Å². The normalized spacial score (nSPS) is 27.0. The summed E-state index contributed by atoms with van der Waals surface area (Å²) in [7, 11) is 0. The molecule has 4 nitrogen and oxygen atoms in total. The summed E-state index contributed by atoms with van der Waals surface area (Å²) >= 11 is 11.5. The average molecular weight is 204 g/mol. The van der Waals surface area contributed by atoms with Crippen molar-refractivity contribution in [3.8, 4) is 0 Å². The number of hydrogen-bond donors (Lipinski definition) is 1. The van der Waals surface area contributed by atoms with Crippen LogP contribution < -0.4 is 5.32 Å². The molecule has 12 heavy (non-hydrogen) atoms. The van der Waals surface area contributed by atoms with E-state index in [4.69, 9.17) is 23.2 Å². The molecule has 0 aromatic carbocycles. The summed E-state index contributed by atoms with van der Waals surface area (Å²) in [6.45, 7) is 0. The maximum absolute atomic E-state index is 10.8. The molecule has 0 radical (unpaired) electrons. The van der Waals surface area contributed by atoms with Crippen molar-refractivity contribution in [3.05, 3.63) is 11.2 Å². The summed E-state index contributed by atoms with van der Waals surface area (Å²) in [5, 5.41) is 2.24. The van der Waals surface area contributed by atoms with Crippen molar-refractivity contribution >= 4 is 40.8 Å². The molecule has 2 amide bonds. The molecule has 0 spiro atoms. The summed E-state index contributed by atoms with van der Waals surface area (Å²) in [6, 6.07) is -0.450. The van der Waals surface area contributed by atoms with Gasteiger partial charge in [-0.3, -0.25) is 5.32 Å². The zero-order valence-electron chi connectivity index (χ0n) is 5.71.